The molecule has 1 N–H and O–H groups in total. The molecule has 1 atom stereocenters. The number of anilines is 1. The molecule has 3 aromatic carbocycles. The first-order valence-corrected chi connectivity index (χ1v) is 9.51. The standard InChI is InChI=1S/C24H17NO5/c26-22(15-8-2-1-3-9-15)23-21(16-10-4-5-11-17(16)30-23)25-24(27)20-14-28-18-12-6-7-13-19(18)29-20/h1-13,20H,14H2,(H,25,27). The van der Waals surface area contributed by atoms with E-state index in [0.29, 0.717) is 33.7 Å². The molecule has 0 spiro atoms. The zero-order valence-electron chi connectivity index (χ0n) is 15.8. The predicted molar refractivity (Wildman–Crippen MR) is 111 cm³/mol. The molecular formula is C24H17NO5. The number of benzene rings is 3. The maximum absolute atomic E-state index is 13.1. The summed E-state index contributed by atoms with van der Waals surface area (Å²) in [5.41, 5.74) is 1.31. The first kappa shape index (κ1) is 18.0. The minimum absolute atomic E-state index is 0.0700. The summed E-state index contributed by atoms with van der Waals surface area (Å²) in [5.74, 6) is 0.441. The Balaban J connectivity index is 1.48. The predicted octanol–water partition coefficient (Wildman–Crippen LogP) is 4.44. The Hall–Kier alpha value is -4.06. The molecule has 6 heteroatoms. The average molecular weight is 399 g/mol. The van der Waals surface area contributed by atoms with Gasteiger partial charge in [0.15, 0.2) is 17.3 Å². The fourth-order valence-corrected chi connectivity index (χ4v) is 3.40. The normalized spacial score (nSPS) is 15.0. The van der Waals surface area contributed by atoms with Gasteiger partial charge in [-0.2, -0.15) is 0 Å². The number of rotatable bonds is 4. The summed E-state index contributed by atoms with van der Waals surface area (Å²) in [6, 6.07) is 23.1. The number of furan rings is 1. The van der Waals surface area contributed by atoms with Crippen molar-refractivity contribution in [3.05, 3.63) is 90.2 Å². The molecule has 148 valence electrons. The molecule has 0 fully saturated rings. The zero-order valence-corrected chi connectivity index (χ0v) is 15.8. The maximum Gasteiger partial charge on any atom is 0.269 e. The number of carbonyl (C=O) groups excluding carboxylic acids is 2. The van der Waals surface area contributed by atoms with Gasteiger partial charge in [0.05, 0.1) is 5.69 Å². The quantitative estimate of drug-likeness (QED) is 0.513. The minimum atomic E-state index is -0.853. The lowest BCUT2D eigenvalue weighted by Gasteiger charge is -2.25. The number of hydrogen-bond acceptors (Lipinski definition) is 5. The summed E-state index contributed by atoms with van der Waals surface area (Å²) in [5, 5.41) is 3.47. The van der Waals surface area contributed by atoms with Gasteiger partial charge in [-0.1, -0.05) is 54.6 Å². The van der Waals surface area contributed by atoms with Crippen molar-refractivity contribution in [2.24, 2.45) is 0 Å². The Morgan fingerprint density at radius 1 is 0.833 bits per heavy atom. The summed E-state index contributed by atoms with van der Waals surface area (Å²) in [6.07, 6.45) is -0.853. The number of para-hydroxylation sites is 3. The van der Waals surface area contributed by atoms with Crippen molar-refractivity contribution in [3.63, 3.8) is 0 Å². The maximum atomic E-state index is 13.1. The van der Waals surface area contributed by atoms with Crippen LogP contribution in [0.15, 0.2) is 83.3 Å². The van der Waals surface area contributed by atoms with E-state index in [1.807, 2.05) is 30.3 Å². The number of ketones is 1. The molecule has 0 saturated heterocycles. The van der Waals surface area contributed by atoms with Gasteiger partial charge in [-0.25, -0.2) is 0 Å². The first-order chi connectivity index (χ1) is 14.7. The van der Waals surface area contributed by atoms with Gasteiger partial charge in [0.1, 0.15) is 12.2 Å². The van der Waals surface area contributed by atoms with E-state index in [2.05, 4.69) is 5.32 Å². The molecule has 6 nitrogen and oxygen atoms in total. The highest BCUT2D eigenvalue weighted by Gasteiger charge is 2.30. The van der Waals surface area contributed by atoms with Gasteiger partial charge in [-0.05, 0) is 24.3 Å². The second kappa shape index (κ2) is 7.40. The van der Waals surface area contributed by atoms with Crippen LogP contribution in [-0.2, 0) is 4.79 Å². The van der Waals surface area contributed by atoms with Crippen molar-refractivity contribution in [2.45, 2.75) is 6.10 Å². The number of ether oxygens (including phenoxy) is 2. The molecule has 1 aliphatic heterocycles. The van der Waals surface area contributed by atoms with E-state index >= 15 is 0 Å². The molecule has 30 heavy (non-hydrogen) atoms. The molecule has 1 aromatic heterocycles. The van der Waals surface area contributed by atoms with Crippen molar-refractivity contribution >= 4 is 28.3 Å². The molecule has 0 radical (unpaired) electrons. The lowest BCUT2D eigenvalue weighted by Crippen LogP contribution is -2.40. The number of nitrogens with one attached hydrogen (secondary N) is 1. The van der Waals surface area contributed by atoms with E-state index in [1.54, 1.807) is 48.5 Å². The molecular weight excluding hydrogens is 382 g/mol. The highest BCUT2D eigenvalue weighted by atomic mass is 16.6. The third kappa shape index (κ3) is 3.18. The zero-order chi connectivity index (χ0) is 20.5. The summed E-state index contributed by atoms with van der Waals surface area (Å²) in [4.78, 5) is 26.0. The number of hydrogen-bond donors (Lipinski definition) is 1. The molecule has 4 aromatic rings. The summed E-state index contributed by atoms with van der Waals surface area (Å²) < 4.78 is 17.2. The van der Waals surface area contributed by atoms with Crippen LogP contribution in [0.2, 0.25) is 0 Å². The third-order valence-electron chi connectivity index (χ3n) is 4.89. The van der Waals surface area contributed by atoms with E-state index < -0.39 is 12.0 Å². The topological polar surface area (TPSA) is 77.8 Å². The lowest BCUT2D eigenvalue weighted by molar-refractivity contribution is -0.125. The van der Waals surface area contributed by atoms with Gasteiger partial charge in [0.2, 0.25) is 11.9 Å². The Kier molecular flexibility index (Phi) is 4.44. The Morgan fingerprint density at radius 2 is 1.53 bits per heavy atom. The molecule has 0 bridgehead atoms. The van der Waals surface area contributed by atoms with Crippen LogP contribution in [0.25, 0.3) is 11.0 Å². The molecule has 1 amide bonds. The van der Waals surface area contributed by atoms with Gasteiger partial charge < -0.3 is 19.2 Å². The van der Waals surface area contributed by atoms with Crippen LogP contribution in [0, 0.1) is 0 Å². The van der Waals surface area contributed by atoms with E-state index in [1.165, 1.54) is 0 Å². The van der Waals surface area contributed by atoms with Gasteiger partial charge in [-0.15, -0.1) is 0 Å². The van der Waals surface area contributed by atoms with Gasteiger partial charge in [0, 0.05) is 10.9 Å². The van der Waals surface area contributed by atoms with E-state index in [0.717, 1.165) is 0 Å². The highest BCUT2D eigenvalue weighted by Crippen LogP contribution is 2.34. The lowest BCUT2D eigenvalue weighted by atomic mass is 10.1. The van der Waals surface area contributed by atoms with Crippen LogP contribution >= 0.6 is 0 Å². The molecule has 5 rings (SSSR count). The van der Waals surface area contributed by atoms with Crippen molar-refractivity contribution in [1.82, 2.24) is 0 Å². The Morgan fingerprint density at radius 3 is 2.37 bits per heavy atom. The molecule has 0 saturated carbocycles. The average Bonchev–Trinajstić information content (AvgIpc) is 3.17. The molecule has 1 aliphatic rings. The summed E-state index contributed by atoms with van der Waals surface area (Å²) in [7, 11) is 0. The Bertz CT molecular complexity index is 1240. The van der Waals surface area contributed by atoms with Crippen LogP contribution in [0.1, 0.15) is 16.1 Å². The number of fused-ring (bicyclic) bond motifs is 2. The van der Waals surface area contributed by atoms with E-state index in [9.17, 15) is 9.59 Å². The SMILES string of the molecule is O=C(c1ccccc1)c1oc2ccccc2c1NC(=O)C1COc2ccccc2O1. The minimum Gasteiger partial charge on any atom is -0.485 e. The number of carbonyl (C=O) groups is 2. The summed E-state index contributed by atoms with van der Waals surface area (Å²) >= 11 is 0. The van der Waals surface area contributed by atoms with Crippen molar-refractivity contribution < 1.29 is 23.5 Å². The fraction of sp³-hybridized carbons (Fsp3) is 0.0833. The summed E-state index contributed by atoms with van der Waals surface area (Å²) in [6.45, 7) is 0.0700. The molecule has 0 aliphatic carbocycles. The second-order valence-corrected chi connectivity index (χ2v) is 6.85. The van der Waals surface area contributed by atoms with Crippen LogP contribution in [0.3, 0.4) is 0 Å². The van der Waals surface area contributed by atoms with Crippen LogP contribution < -0.4 is 14.8 Å². The monoisotopic (exact) mass is 399 g/mol. The number of amides is 1. The highest BCUT2D eigenvalue weighted by molar-refractivity contribution is 6.17. The van der Waals surface area contributed by atoms with E-state index in [-0.39, 0.29) is 18.2 Å². The second-order valence-electron chi connectivity index (χ2n) is 6.85. The molecule has 2 heterocycles. The molecule has 1 unspecified atom stereocenters. The van der Waals surface area contributed by atoms with E-state index in [4.69, 9.17) is 13.9 Å². The van der Waals surface area contributed by atoms with Crippen LogP contribution in [0.5, 0.6) is 11.5 Å². The van der Waals surface area contributed by atoms with Crippen molar-refractivity contribution in [1.29, 1.82) is 0 Å². The largest absolute Gasteiger partial charge is 0.485 e. The Labute approximate surface area is 172 Å². The smallest absolute Gasteiger partial charge is 0.269 e. The van der Waals surface area contributed by atoms with Crippen LogP contribution in [-0.4, -0.2) is 24.4 Å². The van der Waals surface area contributed by atoms with Crippen LogP contribution in [0.4, 0.5) is 5.69 Å². The fourth-order valence-electron chi connectivity index (χ4n) is 3.40. The van der Waals surface area contributed by atoms with Gasteiger partial charge in [-0.3, -0.25) is 9.59 Å². The van der Waals surface area contributed by atoms with Crippen molar-refractivity contribution in [2.75, 3.05) is 11.9 Å². The van der Waals surface area contributed by atoms with Gasteiger partial charge in [0.25, 0.3) is 5.91 Å². The van der Waals surface area contributed by atoms with Crippen molar-refractivity contribution in [3.8, 4) is 11.5 Å². The van der Waals surface area contributed by atoms with Gasteiger partial charge >= 0.3 is 0 Å². The first-order valence-electron chi connectivity index (χ1n) is 9.51. The third-order valence-corrected chi connectivity index (χ3v) is 4.89.